The molecule has 1 nitrogen and oxygen atoms in total. The van der Waals surface area contributed by atoms with E-state index in [0.29, 0.717) is 6.04 Å². The highest BCUT2D eigenvalue weighted by Crippen LogP contribution is 2.27. The molecule has 124 valence electrons. The third-order valence-corrected chi connectivity index (χ3v) is 4.72. The second-order valence-corrected chi connectivity index (χ2v) is 6.45. The minimum atomic E-state index is 0.672. The van der Waals surface area contributed by atoms with Crippen LogP contribution in [0.25, 0.3) is 5.57 Å². The summed E-state index contributed by atoms with van der Waals surface area (Å²) < 4.78 is 0. The summed E-state index contributed by atoms with van der Waals surface area (Å²) in [6, 6.07) is 9.60. The smallest absolute Gasteiger partial charge is 0.00702 e. The Kier molecular flexibility index (Phi) is 7.35. The third-order valence-electron chi connectivity index (χ3n) is 4.72. The molecule has 1 aromatic carbocycles. The summed E-state index contributed by atoms with van der Waals surface area (Å²) in [5.74, 6) is 0. The summed E-state index contributed by atoms with van der Waals surface area (Å²) in [6.07, 6.45) is 13.8. The van der Waals surface area contributed by atoms with Crippen LogP contribution in [0.15, 0.2) is 54.6 Å². The summed E-state index contributed by atoms with van der Waals surface area (Å²) >= 11 is 0. The van der Waals surface area contributed by atoms with Crippen molar-refractivity contribution in [1.29, 1.82) is 0 Å². The Hall–Kier alpha value is -1.60. The number of rotatable bonds is 7. The largest absolute Gasteiger partial charge is 0.314 e. The number of allylic oxidation sites excluding steroid dienone is 5. The molecule has 0 saturated carbocycles. The fourth-order valence-corrected chi connectivity index (χ4v) is 3.18. The van der Waals surface area contributed by atoms with E-state index in [2.05, 4.69) is 68.2 Å². The molecule has 1 unspecified atom stereocenters. The van der Waals surface area contributed by atoms with Crippen LogP contribution in [-0.2, 0) is 6.42 Å². The van der Waals surface area contributed by atoms with Gasteiger partial charge in [0.1, 0.15) is 0 Å². The lowest BCUT2D eigenvalue weighted by atomic mass is 9.91. The number of nitrogens with one attached hydrogen (secondary N) is 1. The monoisotopic (exact) mass is 309 g/mol. The first kappa shape index (κ1) is 17.7. The molecule has 0 aliphatic carbocycles. The maximum absolute atomic E-state index is 4.38. The van der Waals surface area contributed by atoms with Crippen molar-refractivity contribution in [2.45, 2.75) is 58.4 Å². The quantitative estimate of drug-likeness (QED) is 0.638. The van der Waals surface area contributed by atoms with Crippen molar-refractivity contribution >= 4 is 5.57 Å². The van der Waals surface area contributed by atoms with E-state index in [0.717, 1.165) is 12.8 Å². The molecule has 0 spiro atoms. The van der Waals surface area contributed by atoms with E-state index in [9.17, 15) is 0 Å². The third kappa shape index (κ3) is 5.51. The number of piperidine rings is 1. The Labute approximate surface area is 142 Å². The highest BCUT2D eigenvalue weighted by molar-refractivity contribution is 5.79. The maximum atomic E-state index is 4.38. The van der Waals surface area contributed by atoms with Crippen molar-refractivity contribution in [3.8, 4) is 0 Å². The van der Waals surface area contributed by atoms with Crippen molar-refractivity contribution in [1.82, 2.24) is 5.32 Å². The van der Waals surface area contributed by atoms with E-state index in [1.165, 1.54) is 54.5 Å². The summed E-state index contributed by atoms with van der Waals surface area (Å²) in [7, 11) is 0. The zero-order valence-corrected chi connectivity index (χ0v) is 14.8. The van der Waals surface area contributed by atoms with Crippen molar-refractivity contribution in [3.63, 3.8) is 0 Å². The number of aryl methyl sites for hydroxylation is 1. The van der Waals surface area contributed by atoms with Gasteiger partial charge in [0.2, 0.25) is 0 Å². The van der Waals surface area contributed by atoms with E-state index in [4.69, 9.17) is 0 Å². The molecule has 1 aliphatic rings. The van der Waals surface area contributed by atoms with Crippen LogP contribution in [0, 0.1) is 0 Å². The van der Waals surface area contributed by atoms with E-state index >= 15 is 0 Å². The van der Waals surface area contributed by atoms with Crippen LogP contribution in [0.5, 0.6) is 0 Å². The molecule has 1 aromatic rings. The molecule has 1 N–H and O–H groups in total. The molecule has 0 radical (unpaired) electrons. The highest BCUT2D eigenvalue weighted by atomic mass is 14.9. The lowest BCUT2D eigenvalue weighted by molar-refractivity contribution is 0.383. The van der Waals surface area contributed by atoms with Crippen LogP contribution >= 0.6 is 0 Å². The van der Waals surface area contributed by atoms with Gasteiger partial charge in [-0.25, -0.2) is 0 Å². The SMILES string of the molecule is C=C(CCC1CCCCN1)/C(=C\C=C/C)c1ccc(CC)cc1. The van der Waals surface area contributed by atoms with Crippen molar-refractivity contribution in [3.05, 3.63) is 65.8 Å². The van der Waals surface area contributed by atoms with Gasteiger partial charge < -0.3 is 5.32 Å². The van der Waals surface area contributed by atoms with Gasteiger partial charge in [0.25, 0.3) is 0 Å². The molecule has 0 aromatic heterocycles. The zero-order chi connectivity index (χ0) is 16.5. The van der Waals surface area contributed by atoms with Crippen LogP contribution < -0.4 is 5.32 Å². The van der Waals surface area contributed by atoms with Crippen molar-refractivity contribution in [2.24, 2.45) is 0 Å². The second kappa shape index (κ2) is 9.52. The van der Waals surface area contributed by atoms with Crippen molar-refractivity contribution in [2.75, 3.05) is 6.54 Å². The lowest BCUT2D eigenvalue weighted by Crippen LogP contribution is -2.33. The maximum Gasteiger partial charge on any atom is 0.00702 e. The van der Waals surface area contributed by atoms with Gasteiger partial charge in [-0.1, -0.05) is 62.4 Å². The van der Waals surface area contributed by atoms with Crippen LogP contribution in [0.2, 0.25) is 0 Å². The van der Waals surface area contributed by atoms with Gasteiger partial charge in [-0.05, 0) is 67.8 Å². The molecule has 1 heteroatoms. The molecule has 0 bridgehead atoms. The molecule has 1 heterocycles. The topological polar surface area (TPSA) is 12.0 Å². The zero-order valence-electron chi connectivity index (χ0n) is 14.8. The Morgan fingerprint density at radius 1 is 1.26 bits per heavy atom. The van der Waals surface area contributed by atoms with Crippen LogP contribution in [0.1, 0.15) is 57.1 Å². The summed E-state index contributed by atoms with van der Waals surface area (Å²) in [6.45, 7) is 9.81. The number of benzene rings is 1. The average Bonchev–Trinajstić information content (AvgIpc) is 2.61. The molecular weight excluding hydrogens is 278 g/mol. The molecule has 1 aliphatic heterocycles. The minimum absolute atomic E-state index is 0.672. The number of hydrogen-bond donors (Lipinski definition) is 1. The van der Waals surface area contributed by atoms with Gasteiger partial charge in [-0.2, -0.15) is 0 Å². The predicted molar refractivity (Wildman–Crippen MR) is 103 cm³/mol. The Bertz CT molecular complexity index is 542. The van der Waals surface area contributed by atoms with E-state index in [1.54, 1.807) is 0 Å². The summed E-state index contributed by atoms with van der Waals surface area (Å²) in [5.41, 5.74) is 5.19. The second-order valence-electron chi connectivity index (χ2n) is 6.45. The van der Waals surface area contributed by atoms with Crippen LogP contribution in [-0.4, -0.2) is 12.6 Å². The van der Waals surface area contributed by atoms with Crippen LogP contribution in [0.3, 0.4) is 0 Å². The summed E-state index contributed by atoms with van der Waals surface area (Å²) in [4.78, 5) is 0. The fraction of sp³-hybridized carbons (Fsp3) is 0.455. The van der Waals surface area contributed by atoms with E-state index in [-0.39, 0.29) is 0 Å². The predicted octanol–water partition coefficient (Wildman–Crippen LogP) is 5.69. The van der Waals surface area contributed by atoms with Gasteiger partial charge in [0, 0.05) is 6.04 Å². The summed E-state index contributed by atoms with van der Waals surface area (Å²) in [5, 5.41) is 3.64. The standard InChI is InChI=1S/C22H31N/c1-4-6-10-22(20-14-12-19(5-2)13-15-20)18(3)11-16-21-9-7-8-17-23-21/h4,6,10,12-15,21,23H,3,5,7-9,11,16-17H2,1-2H3/b6-4-,22-10+. The average molecular weight is 309 g/mol. The first-order chi connectivity index (χ1) is 11.2. The van der Waals surface area contributed by atoms with Gasteiger partial charge in [0.05, 0.1) is 0 Å². The Morgan fingerprint density at radius 2 is 2.04 bits per heavy atom. The lowest BCUT2D eigenvalue weighted by Gasteiger charge is -2.24. The van der Waals surface area contributed by atoms with Gasteiger partial charge in [0.15, 0.2) is 0 Å². The molecule has 1 saturated heterocycles. The molecule has 2 rings (SSSR count). The number of hydrogen-bond acceptors (Lipinski definition) is 1. The molecule has 23 heavy (non-hydrogen) atoms. The first-order valence-corrected chi connectivity index (χ1v) is 9.08. The molecule has 0 amide bonds. The van der Waals surface area contributed by atoms with Gasteiger partial charge in [-0.3, -0.25) is 0 Å². The van der Waals surface area contributed by atoms with Gasteiger partial charge in [-0.15, -0.1) is 0 Å². The van der Waals surface area contributed by atoms with Gasteiger partial charge >= 0.3 is 0 Å². The first-order valence-electron chi connectivity index (χ1n) is 9.08. The van der Waals surface area contributed by atoms with E-state index < -0.39 is 0 Å². The fourth-order valence-electron chi connectivity index (χ4n) is 3.18. The highest BCUT2D eigenvalue weighted by Gasteiger charge is 2.14. The van der Waals surface area contributed by atoms with E-state index in [1.807, 2.05) is 0 Å². The normalized spacial score (nSPS) is 19.2. The molecule has 1 fully saturated rings. The van der Waals surface area contributed by atoms with Crippen molar-refractivity contribution < 1.29 is 0 Å². The minimum Gasteiger partial charge on any atom is -0.314 e. The van der Waals surface area contributed by atoms with Crippen LogP contribution in [0.4, 0.5) is 0 Å². The molecular formula is C22H31N. The Morgan fingerprint density at radius 3 is 2.65 bits per heavy atom. The molecule has 1 atom stereocenters. The Balaban J connectivity index is 2.05.